The minimum atomic E-state index is 0.327. The van der Waals surface area contributed by atoms with Crippen LogP contribution in [0.5, 0.6) is 0 Å². The summed E-state index contributed by atoms with van der Waals surface area (Å²) in [5.74, 6) is 0.900. The third-order valence-corrected chi connectivity index (χ3v) is 13.0. The molecule has 7 aliphatic heterocycles. The van der Waals surface area contributed by atoms with Gasteiger partial charge in [0.15, 0.2) is 0 Å². The van der Waals surface area contributed by atoms with Gasteiger partial charge in [0.2, 0.25) is 0 Å². The largest absolute Gasteiger partial charge is 0.297 e. The highest BCUT2D eigenvalue weighted by Crippen LogP contribution is 2.39. The Hall–Kier alpha value is -0.240. The van der Waals surface area contributed by atoms with Gasteiger partial charge in [-0.2, -0.15) is 0 Å². The number of nitrogens with zero attached hydrogens (tertiary/aromatic N) is 6. The van der Waals surface area contributed by atoms with Crippen LogP contribution < -0.4 is 0 Å². The molecule has 6 unspecified atom stereocenters. The lowest BCUT2D eigenvalue weighted by atomic mass is 9.91. The van der Waals surface area contributed by atoms with Crippen molar-refractivity contribution in [2.75, 3.05) is 45.8 Å². The van der Waals surface area contributed by atoms with Gasteiger partial charge in [0.05, 0.1) is 0 Å². The number of piperidine rings is 3. The predicted octanol–water partition coefficient (Wildman–Crippen LogP) is 8.44. The maximum absolute atomic E-state index is 2.76. The molecule has 7 heterocycles. The quantitative estimate of drug-likeness (QED) is 0.253. The van der Waals surface area contributed by atoms with Gasteiger partial charge in [-0.25, -0.2) is 0 Å². The Morgan fingerprint density at radius 2 is 0.694 bits per heavy atom. The minimum Gasteiger partial charge on any atom is -0.297 e. The second kappa shape index (κ2) is 14.5. The van der Waals surface area contributed by atoms with E-state index >= 15 is 0 Å². The molecule has 7 rings (SSSR count). The Kier molecular flexibility index (Phi) is 12.3. The molecular weight excluding hydrogens is 601 g/mol. The third-order valence-electron chi connectivity index (χ3n) is 13.0. The molecule has 0 aromatic heterocycles. The first-order valence-electron chi connectivity index (χ1n) is 20.7. The Labute approximate surface area is 307 Å². The SMILES string of the molecule is CC(C)(C)N1CC2CC(C1)N(C(C)(C)C)C2.CC(C)(C)N1CCC2CC1CN2C(C)(C)C.CC(C)(C)N1CCC2CCC1CN2C(C)(C)C. The monoisotopic (exact) mass is 687 g/mol. The van der Waals surface area contributed by atoms with Crippen molar-refractivity contribution < 1.29 is 0 Å². The average Bonchev–Trinajstić information content (AvgIpc) is 3.22. The Morgan fingerprint density at radius 1 is 0.306 bits per heavy atom. The fourth-order valence-electron chi connectivity index (χ4n) is 10.6. The summed E-state index contributed by atoms with van der Waals surface area (Å²) in [7, 11) is 0. The van der Waals surface area contributed by atoms with Crippen LogP contribution in [0.2, 0.25) is 0 Å². The lowest BCUT2D eigenvalue weighted by molar-refractivity contribution is 0.0134. The van der Waals surface area contributed by atoms with Gasteiger partial charge in [-0.15, -0.1) is 0 Å². The van der Waals surface area contributed by atoms with Gasteiger partial charge < -0.3 is 0 Å². The van der Waals surface area contributed by atoms with Crippen molar-refractivity contribution in [1.82, 2.24) is 29.4 Å². The van der Waals surface area contributed by atoms with Crippen LogP contribution in [0, 0.1) is 5.92 Å². The molecule has 0 saturated carbocycles. The molecule has 7 fully saturated rings. The summed E-state index contributed by atoms with van der Waals surface area (Å²) in [6, 6.07) is 4.01. The summed E-state index contributed by atoms with van der Waals surface area (Å²) < 4.78 is 0. The van der Waals surface area contributed by atoms with E-state index in [1.807, 2.05) is 0 Å². The summed E-state index contributed by atoms with van der Waals surface area (Å²) in [6.45, 7) is 51.4. The second-order valence-electron chi connectivity index (χ2n) is 23.0. The molecule has 0 amide bonds. The molecule has 0 aromatic rings. The summed E-state index contributed by atoms with van der Waals surface area (Å²) in [6.07, 6.45) is 8.30. The fourth-order valence-corrected chi connectivity index (χ4v) is 10.6. The molecule has 6 heteroatoms. The zero-order valence-corrected chi connectivity index (χ0v) is 36.3. The number of hydrogen-bond donors (Lipinski definition) is 0. The first-order valence-corrected chi connectivity index (χ1v) is 20.7. The van der Waals surface area contributed by atoms with Crippen molar-refractivity contribution in [2.45, 2.75) is 227 Å². The standard InChI is InChI=1S/C15H30N2.2C14H28N2/c1-14(2,3)16-10-9-12-7-8-13(16)11-17(12)15(4,5)6;1-13(2,3)15-8-11-7-12(10-15)16(9-11)14(4,5)6;1-13(2,3)15-8-7-11-9-12(15)10-16(11)14(4,5)6/h12-13H,7-11H2,1-6H3;2*11-12H,7-10H2,1-6H3. The number of rotatable bonds is 0. The van der Waals surface area contributed by atoms with Gasteiger partial charge in [0.1, 0.15) is 0 Å². The van der Waals surface area contributed by atoms with Crippen molar-refractivity contribution in [1.29, 1.82) is 0 Å². The molecule has 6 atom stereocenters. The molecular formula is C43H86N6. The van der Waals surface area contributed by atoms with E-state index in [0.29, 0.717) is 33.2 Å². The van der Waals surface area contributed by atoms with Crippen molar-refractivity contribution in [3.05, 3.63) is 0 Å². The van der Waals surface area contributed by atoms with E-state index in [4.69, 9.17) is 0 Å². The van der Waals surface area contributed by atoms with Gasteiger partial charge in [-0.3, -0.25) is 29.4 Å². The summed E-state index contributed by atoms with van der Waals surface area (Å²) in [5, 5.41) is 0. The Balaban J connectivity index is 0.000000166. The van der Waals surface area contributed by atoms with E-state index < -0.39 is 0 Å². The molecule has 6 bridgehead atoms. The van der Waals surface area contributed by atoms with E-state index in [0.717, 1.165) is 36.1 Å². The number of likely N-dealkylation sites (tertiary alicyclic amines) is 4. The van der Waals surface area contributed by atoms with E-state index in [1.54, 1.807) is 0 Å². The normalized spacial score (nSPS) is 33.2. The highest BCUT2D eigenvalue weighted by Gasteiger charge is 2.47. The molecule has 288 valence electrons. The summed E-state index contributed by atoms with van der Waals surface area (Å²) in [5.41, 5.74) is 2.01. The molecule has 49 heavy (non-hydrogen) atoms. The highest BCUT2D eigenvalue weighted by molar-refractivity contribution is 5.03. The Bertz CT molecular complexity index is 1010. The number of hydrogen-bond acceptors (Lipinski definition) is 6. The van der Waals surface area contributed by atoms with Gasteiger partial charge >= 0.3 is 0 Å². The lowest BCUT2D eigenvalue weighted by Gasteiger charge is -2.48. The minimum absolute atomic E-state index is 0.327. The lowest BCUT2D eigenvalue weighted by Crippen LogP contribution is -2.57. The second-order valence-corrected chi connectivity index (χ2v) is 23.0. The van der Waals surface area contributed by atoms with Crippen LogP contribution in [-0.4, -0.2) is 139 Å². The maximum atomic E-state index is 2.76. The predicted molar refractivity (Wildman–Crippen MR) is 214 cm³/mol. The van der Waals surface area contributed by atoms with Gasteiger partial charge in [-0.05, 0) is 169 Å². The molecule has 0 N–H and O–H groups in total. The molecule has 6 nitrogen and oxygen atoms in total. The van der Waals surface area contributed by atoms with Crippen LogP contribution >= 0.6 is 0 Å². The summed E-state index contributed by atoms with van der Waals surface area (Å²) >= 11 is 0. The fraction of sp³-hybridized carbons (Fsp3) is 1.00. The van der Waals surface area contributed by atoms with Crippen molar-refractivity contribution in [2.24, 2.45) is 5.92 Å². The topological polar surface area (TPSA) is 19.4 Å². The molecule has 0 radical (unpaired) electrons. The van der Waals surface area contributed by atoms with Crippen molar-refractivity contribution >= 4 is 0 Å². The maximum Gasteiger partial charge on any atom is 0.0243 e. The zero-order valence-electron chi connectivity index (χ0n) is 36.3. The third kappa shape index (κ3) is 10.3. The van der Waals surface area contributed by atoms with Crippen molar-refractivity contribution in [3.8, 4) is 0 Å². The first kappa shape index (κ1) is 41.5. The van der Waals surface area contributed by atoms with Crippen molar-refractivity contribution in [3.63, 3.8) is 0 Å². The molecule has 0 spiro atoms. The van der Waals surface area contributed by atoms with E-state index in [2.05, 4.69) is 154 Å². The first-order chi connectivity index (χ1) is 22.1. The molecule has 0 aliphatic carbocycles. The van der Waals surface area contributed by atoms with Crippen LogP contribution in [0.4, 0.5) is 0 Å². The van der Waals surface area contributed by atoms with Crippen LogP contribution in [0.25, 0.3) is 0 Å². The number of fused-ring (bicyclic) bond motifs is 8. The molecule has 7 saturated heterocycles. The highest BCUT2D eigenvalue weighted by atomic mass is 15.4. The molecule has 7 aliphatic rings. The Morgan fingerprint density at radius 3 is 1.18 bits per heavy atom. The average molecular weight is 687 g/mol. The van der Waals surface area contributed by atoms with E-state index in [9.17, 15) is 0 Å². The molecule has 0 aromatic carbocycles. The zero-order chi connectivity index (χ0) is 37.1. The van der Waals surface area contributed by atoms with E-state index in [-0.39, 0.29) is 0 Å². The van der Waals surface area contributed by atoms with Crippen LogP contribution in [0.1, 0.15) is 163 Å². The van der Waals surface area contributed by atoms with Crippen LogP contribution in [0.15, 0.2) is 0 Å². The van der Waals surface area contributed by atoms with Gasteiger partial charge in [0.25, 0.3) is 0 Å². The van der Waals surface area contributed by atoms with E-state index in [1.165, 1.54) is 84.3 Å². The van der Waals surface area contributed by atoms with Gasteiger partial charge in [-0.1, -0.05) is 0 Å². The van der Waals surface area contributed by atoms with Crippen LogP contribution in [0.3, 0.4) is 0 Å². The van der Waals surface area contributed by atoms with Crippen LogP contribution in [-0.2, 0) is 0 Å². The summed E-state index contributed by atoms with van der Waals surface area (Å²) in [4.78, 5) is 16.4. The smallest absolute Gasteiger partial charge is 0.0243 e. The van der Waals surface area contributed by atoms with Gasteiger partial charge in [0, 0.05) is 109 Å².